The topological polar surface area (TPSA) is 117 Å². The van der Waals surface area contributed by atoms with Gasteiger partial charge in [0.05, 0.1) is 23.1 Å². The number of rotatable bonds is 5. The van der Waals surface area contributed by atoms with Crippen LogP contribution in [-0.4, -0.2) is 41.7 Å². The average molecular weight is 367 g/mol. The number of fused-ring (bicyclic) bond motifs is 1. The van der Waals surface area contributed by atoms with Crippen LogP contribution in [0.5, 0.6) is 0 Å². The third-order valence-corrected chi connectivity index (χ3v) is 4.57. The van der Waals surface area contributed by atoms with Crippen molar-refractivity contribution in [3.8, 4) is 6.07 Å². The molecule has 138 valence electrons. The normalized spacial score (nSPS) is 20.8. The number of hydrogen-bond acceptors (Lipinski definition) is 6. The number of esters is 1. The highest BCUT2D eigenvalue weighted by Crippen LogP contribution is 2.34. The molecule has 2 aliphatic rings. The molecule has 3 amide bonds. The Labute approximate surface area is 155 Å². The molecule has 0 saturated carbocycles. The standard InChI is InChI=1S/C19H17N3O5/c20-9-12-5-1-4-8-15(12)21-16(23)11-27-17(24)10-22-18(25)13-6-2-3-7-14(13)19(22)26/h1-5,8,13-14H,6-7,10-11H2,(H,21,23)/t13-,14-/m1/s1. The quantitative estimate of drug-likeness (QED) is 0.471. The Morgan fingerprint density at radius 3 is 2.41 bits per heavy atom. The van der Waals surface area contributed by atoms with Gasteiger partial charge in [-0.1, -0.05) is 24.3 Å². The van der Waals surface area contributed by atoms with Crippen molar-refractivity contribution >= 4 is 29.4 Å². The van der Waals surface area contributed by atoms with Gasteiger partial charge in [-0.15, -0.1) is 0 Å². The zero-order valence-electron chi connectivity index (χ0n) is 14.4. The monoisotopic (exact) mass is 367 g/mol. The van der Waals surface area contributed by atoms with Gasteiger partial charge in [0.2, 0.25) is 11.8 Å². The number of nitrogens with zero attached hydrogens (tertiary/aromatic N) is 2. The van der Waals surface area contributed by atoms with Gasteiger partial charge in [-0.2, -0.15) is 5.26 Å². The van der Waals surface area contributed by atoms with Gasteiger partial charge in [0.15, 0.2) is 6.61 Å². The van der Waals surface area contributed by atoms with Gasteiger partial charge in [-0.25, -0.2) is 0 Å². The molecular formula is C19H17N3O5. The van der Waals surface area contributed by atoms with E-state index in [9.17, 15) is 19.2 Å². The van der Waals surface area contributed by atoms with E-state index in [4.69, 9.17) is 10.00 Å². The van der Waals surface area contributed by atoms with Gasteiger partial charge in [0.25, 0.3) is 5.91 Å². The molecule has 1 aliphatic carbocycles. The van der Waals surface area contributed by atoms with E-state index < -0.39 is 36.9 Å². The number of imide groups is 1. The molecule has 0 bridgehead atoms. The molecule has 1 N–H and O–H groups in total. The first-order chi connectivity index (χ1) is 13.0. The Morgan fingerprint density at radius 1 is 1.15 bits per heavy atom. The number of carbonyl (C=O) groups excluding carboxylic acids is 4. The van der Waals surface area contributed by atoms with Crippen molar-refractivity contribution in [3.63, 3.8) is 0 Å². The lowest BCUT2D eigenvalue weighted by Crippen LogP contribution is -2.37. The molecule has 3 rings (SSSR count). The van der Waals surface area contributed by atoms with Crippen LogP contribution in [0.25, 0.3) is 0 Å². The minimum absolute atomic E-state index is 0.279. The predicted molar refractivity (Wildman–Crippen MR) is 92.8 cm³/mol. The molecule has 1 saturated heterocycles. The minimum atomic E-state index is -0.841. The summed E-state index contributed by atoms with van der Waals surface area (Å²) < 4.78 is 4.87. The Hall–Kier alpha value is -3.47. The number of para-hydroxylation sites is 1. The highest BCUT2D eigenvalue weighted by atomic mass is 16.5. The van der Waals surface area contributed by atoms with Crippen molar-refractivity contribution < 1.29 is 23.9 Å². The highest BCUT2D eigenvalue weighted by Gasteiger charge is 2.47. The SMILES string of the molecule is N#Cc1ccccc1NC(=O)COC(=O)CN1C(=O)[C@@H]2CC=CC[C@H]2C1=O. The molecule has 1 aromatic carbocycles. The fourth-order valence-electron chi connectivity index (χ4n) is 3.22. The Morgan fingerprint density at radius 2 is 1.78 bits per heavy atom. The second-order valence-electron chi connectivity index (χ2n) is 6.28. The van der Waals surface area contributed by atoms with Gasteiger partial charge in [0, 0.05) is 0 Å². The van der Waals surface area contributed by atoms with Gasteiger partial charge < -0.3 is 10.1 Å². The molecule has 0 aromatic heterocycles. The van der Waals surface area contributed by atoms with Gasteiger partial charge >= 0.3 is 5.97 Å². The first-order valence-electron chi connectivity index (χ1n) is 8.46. The maximum atomic E-state index is 12.3. The number of carbonyl (C=O) groups is 4. The number of allylic oxidation sites excluding steroid dienone is 2. The molecule has 0 spiro atoms. The molecular weight excluding hydrogens is 350 g/mol. The van der Waals surface area contributed by atoms with Crippen molar-refractivity contribution in [1.82, 2.24) is 4.90 Å². The fraction of sp³-hybridized carbons (Fsp3) is 0.316. The molecule has 0 radical (unpaired) electrons. The second kappa shape index (κ2) is 7.83. The first-order valence-corrected chi connectivity index (χ1v) is 8.46. The summed E-state index contributed by atoms with van der Waals surface area (Å²) in [5.41, 5.74) is 0.587. The van der Waals surface area contributed by atoms with Crippen LogP contribution >= 0.6 is 0 Å². The van der Waals surface area contributed by atoms with Gasteiger partial charge in [-0.05, 0) is 25.0 Å². The third-order valence-electron chi connectivity index (χ3n) is 4.57. The lowest BCUT2D eigenvalue weighted by molar-refractivity contribution is -0.154. The largest absolute Gasteiger partial charge is 0.454 e. The van der Waals surface area contributed by atoms with Crippen LogP contribution < -0.4 is 5.32 Å². The van der Waals surface area contributed by atoms with E-state index in [0.29, 0.717) is 18.5 Å². The molecule has 27 heavy (non-hydrogen) atoms. The van der Waals surface area contributed by atoms with E-state index >= 15 is 0 Å². The van der Waals surface area contributed by atoms with Crippen LogP contribution in [0.4, 0.5) is 5.69 Å². The molecule has 8 nitrogen and oxygen atoms in total. The fourth-order valence-corrected chi connectivity index (χ4v) is 3.22. The van der Waals surface area contributed by atoms with E-state index in [-0.39, 0.29) is 17.4 Å². The van der Waals surface area contributed by atoms with Crippen LogP contribution in [0.2, 0.25) is 0 Å². The van der Waals surface area contributed by atoms with E-state index in [1.165, 1.54) is 0 Å². The van der Waals surface area contributed by atoms with Crippen LogP contribution in [0, 0.1) is 23.2 Å². The summed E-state index contributed by atoms with van der Waals surface area (Å²) in [7, 11) is 0. The number of ether oxygens (including phenoxy) is 1. The smallest absolute Gasteiger partial charge is 0.326 e. The zero-order chi connectivity index (χ0) is 19.4. The summed E-state index contributed by atoms with van der Waals surface area (Å²) >= 11 is 0. The summed E-state index contributed by atoms with van der Waals surface area (Å²) in [5, 5.41) is 11.5. The number of anilines is 1. The number of amides is 3. The van der Waals surface area contributed by atoms with Gasteiger partial charge in [-0.3, -0.25) is 24.1 Å². The van der Waals surface area contributed by atoms with Crippen molar-refractivity contribution in [2.24, 2.45) is 11.8 Å². The summed E-state index contributed by atoms with van der Waals surface area (Å²) in [6, 6.07) is 8.34. The average Bonchev–Trinajstić information content (AvgIpc) is 2.92. The molecule has 1 aromatic rings. The maximum absolute atomic E-state index is 12.3. The number of benzene rings is 1. The van der Waals surface area contributed by atoms with Crippen LogP contribution in [0.1, 0.15) is 18.4 Å². The second-order valence-corrected chi connectivity index (χ2v) is 6.28. The predicted octanol–water partition coefficient (Wildman–Crippen LogP) is 0.991. The third kappa shape index (κ3) is 3.87. The number of hydrogen-bond donors (Lipinski definition) is 1. The van der Waals surface area contributed by atoms with Crippen molar-refractivity contribution in [1.29, 1.82) is 5.26 Å². The Kier molecular flexibility index (Phi) is 5.31. The Bertz CT molecular complexity index is 844. The molecule has 0 unspecified atom stereocenters. The van der Waals surface area contributed by atoms with E-state index in [1.54, 1.807) is 24.3 Å². The van der Waals surface area contributed by atoms with E-state index in [2.05, 4.69) is 5.32 Å². The van der Waals surface area contributed by atoms with Crippen LogP contribution in [0.3, 0.4) is 0 Å². The first kappa shape index (κ1) is 18.3. The molecule has 8 heteroatoms. The molecule has 1 aliphatic heterocycles. The molecule has 2 atom stereocenters. The van der Waals surface area contributed by atoms with Gasteiger partial charge in [0.1, 0.15) is 12.6 Å². The number of nitriles is 1. The van der Waals surface area contributed by atoms with Crippen LogP contribution in [-0.2, 0) is 23.9 Å². The number of likely N-dealkylation sites (tertiary alicyclic amines) is 1. The highest BCUT2D eigenvalue weighted by molar-refractivity contribution is 6.07. The van der Waals surface area contributed by atoms with E-state index in [1.807, 2.05) is 18.2 Å². The summed E-state index contributed by atoms with van der Waals surface area (Å²) in [4.78, 5) is 49.4. The van der Waals surface area contributed by atoms with Crippen molar-refractivity contribution in [2.75, 3.05) is 18.5 Å². The lowest BCUT2D eigenvalue weighted by Gasteiger charge is -2.14. The van der Waals surface area contributed by atoms with E-state index in [0.717, 1.165) is 4.90 Å². The number of nitrogens with one attached hydrogen (secondary N) is 1. The van der Waals surface area contributed by atoms with Crippen molar-refractivity contribution in [2.45, 2.75) is 12.8 Å². The zero-order valence-corrected chi connectivity index (χ0v) is 14.4. The summed E-state index contributed by atoms with van der Waals surface area (Å²) in [6.07, 6.45) is 4.69. The summed E-state index contributed by atoms with van der Waals surface area (Å²) in [6.45, 7) is -1.09. The summed E-state index contributed by atoms with van der Waals surface area (Å²) in [5.74, 6) is -3.05. The molecule has 1 fully saturated rings. The minimum Gasteiger partial charge on any atom is -0.454 e. The molecule has 1 heterocycles. The van der Waals surface area contributed by atoms with Crippen LogP contribution in [0.15, 0.2) is 36.4 Å². The Balaban J connectivity index is 1.51. The van der Waals surface area contributed by atoms with Crippen molar-refractivity contribution in [3.05, 3.63) is 42.0 Å². The lowest BCUT2D eigenvalue weighted by atomic mass is 9.85. The maximum Gasteiger partial charge on any atom is 0.326 e.